The average Bonchev–Trinajstić information content (AvgIpc) is 2.67. The second-order valence-corrected chi connectivity index (χ2v) is 4.16. The summed E-state index contributed by atoms with van der Waals surface area (Å²) in [6, 6.07) is 9.94. The lowest BCUT2D eigenvalue weighted by Gasteiger charge is -1.98. The van der Waals surface area contributed by atoms with Gasteiger partial charge in [-0.25, -0.2) is 8.42 Å². The number of hydrogen-bond donors (Lipinski definition) is 0. The van der Waals surface area contributed by atoms with Crippen molar-refractivity contribution in [1.82, 2.24) is 5.16 Å². The van der Waals surface area contributed by atoms with Gasteiger partial charge in [-0.15, -0.1) is 0 Å². The Morgan fingerprint density at radius 2 is 1.87 bits per heavy atom. The van der Waals surface area contributed by atoms with E-state index in [4.69, 9.17) is 0 Å². The van der Waals surface area contributed by atoms with Gasteiger partial charge in [0, 0.05) is 11.6 Å². The van der Waals surface area contributed by atoms with Gasteiger partial charge in [-0.2, -0.15) is 0 Å². The van der Waals surface area contributed by atoms with Crippen molar-refractivity contribution >= 4 is 10.1 Å². The maximum atomic E-state index is 10.6. The zero-order chi connectivity index (χ0) is 10.9. The van der Waals surface area contributed by atoms with E-state index in [1.54, 1.807) is 24.3 Å². The van der Waals surface area contributed by atoms with Crippen molar-refractivity contribution < 1.29 is 17.5 Å². The van der Waals surface area contributed by atoms with E-state index in [-0.39, 0.29) is 0 Å². The van der Waals surface area contributed by atoms with Crippen molar-refractivity contribution in [3.05, 3.63) is 36.4 Å². The minimum absolute atomic E-state index is 0.324. The lowest BCUT2D eigenvalue weighted by Crippen LogP contribution is -1.95. The molecule has 0 unspecified atom stereocenters. The molecule has 5 nitrogen and oxygen atoms in total. The highest BCUT2D eigenvalue weighted by Gasteiger charge is 2.10. The van der Waals surface area contributed by atoms with E-state index in [2.05, 4.69) is 9.68 Å². The molecule has 0 aliphatic rings. The van der Waals surface area contributed by atoms with Gasteiger partial charge in [-0.3, -0.25) is 0 Å². The zero-order valence-electron chi connectivity index (χ0n) is 7.45. The van der Waals surface area contributed by atoms with E-state index < -0.39 is 15.2 Å². The quantitative estimate of drug-likeness (QED) is 0.717. The van der Waals surface area contributed by atoms with Crippen molar-refractivity contribution in [3.63, 3.8) is 0 Å². The molecular weight excluding hydrogens is 218 g/mol. The lowest BCUT2D eigenvalue weighted by atomic mass is 10.2. The number of nitrogens with zero attached hydrogens (tertiary/aromatic N) is 1. The normalized spacial score (nSPS) is 11.5. The molecule has 0 aliphatic carbocycles. The largest absolute Gasteiger partial charge is 0.742 e. The van der Waals surface area contributed by atoms with Crippen LogP contribution >= 0.6 is 0 Å². The highest BCUT2D eigenvalue weighted by Crippen LogP contribution is 2.20. The van der Waals surface area contributed by atoms with Crippen LogP contribution in [0.1, 0.15) is 0 Å². The molecule has 0 radical (unpaired) electrons. The molecule has 0 aliphatic heterocycles. The molecular formula is C9H6NO4S-. The van der Waals surface area contributed by atoms with E-state index >= 15 is 0 Å². The highest BCUT2D eigenvalue weighted by atomic mass is 32.2. The van der Waals surface area contributed by atoms with Gasteiger partial charge < -0.3 is 9.08 Å². The van der Waals surface area contributed by atoms with Crippen molar-refractivity contribution in [2.24, 2.45) is 0 Å². The monoisotopic (exact) mass is 224 g/mol. The Bertz CT molecular complexity index is 559. The first-order valence-corrected chi connectivity index (χ1v) is 5.46. The third kappa shape index (κ3) is 2.05. The van der Waals surface area contributed by atoms with Crippen molar-refractivity contribution in [3.8, 4) is 11.3 Å². The van der Waals surface area contributed by atoms with Gasteiger partial charge in [0.2, 0.25) is 5.09 Å². The third-order valence-corrected chi connectivity index (χ3v) is 2.49. The van der Waals surface area contributed by atoms with Crippen LogP contribution in [0, 0.1) is 0 Å². The van der Waals surface area contributed by atoms with Crippen LogP contribution in [0.4, 0.5) is 0 Å². The molecule has 78 valence electrons. The molecule has 0 spiro atoms. The summed E-state index contributed by atoms with van der Waals surface area (Å²) in [6.07, 6.45) is 0. The van der Waals surface area contributed by atoms with E-state index in [0.717, 1.165) is 6.07 Å². The highest BCUT2D eigenvalue weighted by molar-refractivity contribution is 7.85. The Kier molecular flexibility index (Phi) is 2.29. The molecule has 2 aromatic rings. The number of rotatable bonds is 2. The smallest absolute Gasteiger partial charge is 0.238 e. The van der Waals surface area contributed by atoms with Crippen LogP contribution in [0.25, 0.3) is 11.3 Å². The summed E-state index contributed by atoms with van der Waals surface area (Å²) >= 11 is 0. The summed E-state index contributed by atoms with van der Waals surface area (Å²) < 4.78 is 36.2. The topological polar surface area (TPSA) is 83.2 Å². The van der Waals surface area contributed by atoms with E-state index in [1.165, 1.54) is 0 Å². The van der Waals surface area contributed by atoms with E-state index in [1.807, 2.05) is 6.07 Å². The molecule has 0 N–H and O–H groups in total. The van der Waals surface area contributed by atoms with E-state index in [9.17, 15) is 13.0 Å². The maximum absolute atomic E-state index is 10.6. The Morgan fingerprint density at radius 1 is 1.20 bits per heavy atom. The van der Waals surface area contributed by atoms with Crippen LogP contribution in [0.15, 0.2) is 46.0 Å². The van der Waals surface area contributed by atoms with Gasteiger partial charge in [0.25, 0.3) is 0 Å². The Balaban J connectivity index is 2.46. The summed E-state index contributed by atoms with van der Waals surface area (Å²) in [5, 5.41) is 2.83. The number of hydrogen-bond acceptors (Lipinski definition) is 5. The summed E-state index contributed by atoms with van der Waals surface area (Å²) in [7, 11) is -4.57. The SMILES string of the molecule is O=S(=O)([O-])c1cc(-c2ccccc2)no1. The van der Waals surface area contributed by atoms with Crippen molar-refractivity contribution in [2.75, 3.05) is 0 Å². The predicted octanol–water partition coefficient (Wildman–Crippen LogP) is 1.25. The molecule has 0 saturated heterocycles. The average molecular weight is 224 g/mol. The molecule has 1 heterocycles. The van der Waals surface area contributed by atoms with Gasteiger partial charge in [-0.1, -0.05) is 35.5 Å². The maximum Gasteiger partial charge on any atom is 0.238 e. The molecule has 0 amide bonds. The molecule has 1 aromatic heterocycles. The minimum atomic E-state index is -4.57. The molecule has 0 atom stereocenters. The number of aromatic nitrogens is 1. The Hall–Kier alpha value is -1.66. The van der Waals surface area contributed by atoms with Crippen LogP contribution in [-0.4, -0.2) is 18.1 Å². The van der Waals surface area contributed by atoms with Gasteiger partial charge in [0.15, 0.2) is 10.1 Å². The molecule has 1 aromatic carbocycles. The summed E-state index contributed by atoms with van der Waals surface area (Å²) in [6.45, 7) is 0. The summed E-state index contributed by atoms with van der Waals surface area (Å²) in [5.41, 5.74) is 1.01. The van der Waals surface area contributed by atoms with Crippen LogP contribution in [-0.2, 0) is 10.1 Å². The molecule has 15 heavy (non-hydrogen) atoms. The first-order valence-electron chi connectivity index (χ1n) is 4.05. The molecule has 2 rings (SSSR count). The molecule has 0 fully saturated rings. The Labute approximate surface area is 86.1 Å². The van der Waals surface area contributed by atoms with Gasteiger partial charge >= 0.3 is 0 Å². The van der Waals surface area contributed by atoms with Gasteiger partial charge in [0.05, 0.1) is 0 Å². The Morgan fingerprint density at radius 3 is 2.40 bits per heavy atom. The van der Waals surface area contributed by atoms with Crippen LogP contribution in [0.3, 0.4) is 0 Å². The first kappa shape index (κ1) is 9.88. The lowest BCUT2D eigenvalue weighted by molar-refractivity contribution is 0.322. The van der Waals surface area contributed by atoms with Crippen LogP contribution in [0.5, 0.6) is 0 Å². The molecule has 0 saturated carbocycles. The standard InChI is InChI=1S/C9H7NO4S/c11-15(12,13)9-6-8(10-14-9)7-4-2-1-3-5-7/h1-6H,(H,11,12,13)/p-1. The van der Waals surface area contributed by atoms with Crippen molar-refractivity contribution in [1.29, 1.82) is 0 Å². The van der Waals surface area contributed by atoms with Gasteiger partial charge in [0.1, 0.15) is 5.69 Å². The van der Waals surface area contributed by atoms with Crippen LogP contribution in [0.2, 0.25) is 0 Å². The van der Waals surface area contributed by atoms with Gasteiger partial charge in [-0.05, 0) is 0 Å². The second kappa shape index (κ2) is 3.48. The first-order chi connectivity index (χ1) is 7.07. The minimum Gasteiger partial charge on any atom is -0.742 e. The molecule has 0 bridgehead atoms. The molecule has 6 heteroatoms. The third-order valence-electron chi connectivity index (χ3n) is 1.80. The van der Waals surface area contributed by atoms with E-state index in [0.29, 0.717) is 11.3 Å². The zero-order valence-corrected chi connectivity index (χ0v) is 8.27. The number of benzene rings is 1. The second-order valence-electron chi connectivity index (χ2n) is 2.85. The van der Waals surface area contributed by atoms with Crippen molar-refractivity contribution in [2.45, 2.75) is 5.09 Å². The fourth-order valence-electron chi connectivity index (χ4n) is 1.12. The van der Waals surface area contributed by atoms with Crippen LogP contribution < -0.4 is 0 Å². The fourth-order valence-corrected chi connectivity index (χ4v) is 1.51. The summed E-state index contributed by atoms with van der Waals surface area (Å²) in [5.74, 6) is 0. The summed E-state index contributed by atoms with van der Waals surface area (Å²) in [4.78, 5) is 0. The fraction of sp³-hybridized carbons (Fsp3) is 0. The predicted molar refractivity (Wildman–Crippen MR) is 49.9 cm³/mol.